The molecule has 0 bridgehead atoms. The summed E-state index contributed by atoms with van der Waals surface area (Å²) in [7, 11) is 1.67. The maximum Gasteiger partial charge on any atom is 0.224 e. The van der Waals surface area contributed by atoms with Crippen LogP contribution < -0.4 is 4.74 Å². The van der Waals surface area contributed by atoms with Gasteiger partial charge in [-0.15, -0.1) is 0 Å². The van der Waals surface area contributed by atoms with E-state index in [9.17, 15) is 9.59 Å². The van der Waals surface area contributed by atoms with E-state index >= 15 is 0 Å². The van der Waals surface area contributed by atoms with Crippen LogP contribution in [0.3, 0.4) is 0 Å². The van der Waals surface area contributed by atoms with Gasteiger partial charge in [-0.1, -0.05) is 6.07 Å². The van der Waals surface area contributed by atoms with Gasteiger partial charge in [-0.3, -0.25) is 14.3 Å². The number of rotatable bonds is 5. The Kier molecular flexibility index (Phi) is 5.87. The van der Waals surface area contributed by atoms with E-state index in [1.54, 1.807) is 14.0 Å². The van der Waals surface area contributed by atoms with Gasteiger partial charge in [0.15, 0.2) is 5.78 Å². The summed E-state index contributed by atoms with van der Waals surface area (Å²) in [5, 5.41) is 4.51. The van der Waals surface area contributed by atoms with Crippen LogP contribution in [0.15, 0.2) is 18.2 Å². The molecule has 0 unspecified atom stereocenters. The lowest BCUT2D eigenvalue weighted by molar-refractivity contribution is -0.131. The second kappa shape index (κ2) is 8.17. The predicted octanol–water partition coefficient (Wildman–Crippen LogP) is 3.29. The summed E-state index contributed by atoms with van der Waals surface area (Å²) in [6.07, 6.45) is 2.06. The smallest absolute Gasteiger partial charge is 0.224 e. The van der Waals surface area contributed by atoms with Crippen LogP contribution in [0.2, 0.25) is 0 Å². The third-order valence-electron chi connectivity index (χ3n) is 5.63. The van der Waals surface area contributed by atoms with E-state index in [0.717, 1.165) is 36.5 Å². The average Bonchev–Trinajstić information content (AvgIpc) is 2.83. The quantitative estimate of drug-likeness (QED) is 0.743. The summed E-state index contributed by atoms with van der Waals surface area (Å²) >= 11 is 0. The van der Waals surface area contributed by atoms with Gasteiger partial charge < -0.3 is 9.64 Å². The number of benzene rings is 1. The van der Waals surface area contributed by atoms with Gasteiger partial charge in [-0.05, 0) is 63.8 Å². The van der Waals surface area contributed by atoms with E-state index in [1.165, 1.54) is 11.1 Å². The Morgan fingerprint density at radius 2 is 1.86 bits per heavy atom. The number of hydrogen-bond acceptors (Lipinski definition) is 4. The number of carbonyl (C=O) groups excluding carboxylic acids is 2. The molecule has 2 aromatic rings. The molecule has 150 valence electrons. The minimum absolute atomic E-state index is 0.0143. The predicted molar refractivity (Wildman–Crippen MR) is 108 cm³/mol. The van der Waals surface area contributed by atoms with Crippen LogP contribution in [0.25, 0.3) is 0 Å². The second-order valence-corrected chi connectivity index (χ2v) is 7.62. The minimum Gasteiger partial charge on any atom is -0.497 e. The summed E-state index contributed by atoms with van der Waals surface area (Å²) in [5.74, 6) is 1.00. The number of Topliss-reactive ketones (excluding diaryl/α,β-unsaturated/α-hetero) is 1. The van der Waals surface area contributed by atoms with Crippen molar-refractivity contribution in [2.75, 3.05) is 20.2 Å². The van der Waals surface area contributed by atoms with Crippen LogP contribution in [-0.4, -0.2) is 46.6 Å². The largest absolute Gasteiger partial charge is 0.497 e. The summed E-state index contributed by atoms with van der Waals surface area (Å²) in [6.45, 7) is 8.71. The fraction of sp³-hybridized carbons (Fsp3) is 0.500. The number of aromatic nitrogens is 2. The summed E-state index contributed by atoms with van der Waals surface area (Å²) in [6, 6.07) is 6.06. The van der Waals surface area contributed by atoms with Crippen molar-refractivity contribution in [1.29, 1.82) is 0 Å². The number of fused-ring (bicyclic) bond motifs is 1. The Morgan fingerprint density at radius 3 is 2.46 bits per heavy atom. The fourth-order valence-corrected chi connectivity index (χ4v) is 4.15. The van der Waals surface area contributed by atoms with Crippen molar-refractivity contribution in [3.8, 4) is 5.75 Å². The molecule has 1 aliphatic heterocycles. The van der Waals surface area contributed by atoms with Gasteiger partial charge in [-0.2, -0.15) is 5.10 Å². The van der Waals surface area contributed by atoms with E-state index < -0.39 is 0 Å². The maximum absolute atomic E-state index is 12.9. The molecule has 3 rings (SSSR count). The monoisotopic (exact) mass is 383 g/mol. The van der Waals surface area contributed by atoms with E-state index in [0.29, 0.717) is 18.5 Å². The number of carbonyl (C=O) groups is 2. The first-order valence-electron chi connectivity index (χ1n) is 9.82. The third-order valence-corrected chi connectivity index (χ3v) is 5.63. The molecule has 0 spiro atoms. The molecule has 0 N–H and O–H groups in total. The number of amides is 1. The van der Waals surface area contributed by atoms with E-state index in [1.807, 2.05) is 36.4 Å². The molecular formula is C22H29N3O3. The molecule has 1 aromatic heterocycles. The first-order chi connectivity index (χ1) is 13.3. The molecule has 0 saturated heterocycles. The van der Waals surface area contributed by atoms with Crippen molar-refractivity contribution in [1.82, 2.24) is 14.7 Å². The third kappa shape index (κ3) is 3.96. The number of hydrogen-bond donors (Lipinski definition) is 0. The zero-order chi connectivity index (χ0) is 20.4. The summed E-state index contributed by atoms with van der Waals surface area (Å²) in [4.78, 5) is 26.7. The van der Waals surface area contributed by atoms with Crippen molar-refractivity contribution in [3.63, 3.8) is 0 Å². The molecule has 0 radical (unpaired) electrons. The Bertz CT molecular complexity index is 901. The topological polar surface area (TPSA) is 64.4 Å². The zero-order valence-corrected chi connectivity index (χ0v) is 17.4. The van der Waals surface area contributed by atoms with Gasteiger partial charge in [0, 0.05) is 25.2 Å². The number of ether oxygens (including phenoxy) is 1. The average molecular weight is 383 g/mol. The number of ketones is 1. The Hall–Kier alpha value is -2.63. The van der Waals surface area contributed by atoms with Crippen molar-refractivity contribution in [2.24, 2.45) is 0 Å². The molecule has 0 fully saturated rings. The van der Waals surface area contributed by atoms with E-state index in [2.05, 4.69) is 17.2 Å². The van der Waals surface area contributed by atoms with Crippen molar-refractivity contribution in [3.05, 3.63) is 46.3 Å². The number of methoxy groups -OCH3 is 1. The summed E-state index contributed by atoms with van der Waals surface area (Å²) in [5.41, 5.74) is 4.77. The molecular weight excluding hydrogens is 354 g/mol. The lowest BCUT2D eigenvalue weighted by atomic mass is 10.0. The molecule has 1 amide bonds. The highest BCUT2D eigenvalue weighted by Gasteiger charge is 2.24. The van der Waals surface area contributed by atoms with Crippen LogP contribution in [0.4, 0.5) is 0 Å². The van der Waals surface area contributed by atoms with Gasteiger partial charge >= 0.3 is 0 Å². The van der Waals surface area contributed by atoms with Crippen LogP contribution in [0, 0.1) is 13.8 Å². The molecule has 28 heavy (non-hydrogen) atoms. The van der Waals surface area contributed by atoms with Gasteiger partial charge in [0.1, 0.15) is 5.75 Å². The van der Waals surface area contributed by atoms with E-state index in [4.69, 9.17) is 4.74 Å². The van der Waals surface area contributed by atoms with Crippen LogP contribution in [0.1, 0.15) is 59.2 Å². The molecule has 0 aliphatic carbocycles. The molecule has 1 atom stereocenters. The number of nitrogens with zero attached hydrogens (tertiary/aromatic N) is 3. The molecule has 0 saturated carbocycles. The van der Waals surface area contributed by atoms with Gasteiger partial charge in [0.2, 0.25) is 5.91 Å². The molecule has 6 heteroatoms. The lowest BCUT2D eigenvalue weighted by Crippen LogP contribution is -2.34. The lowest BCUT2D eigenvalue weighted by Gasteiger charge is -2.23. The maximum atomic E-state index is 12.9. The van der Waals surface area contributed by atoms with Crippen molar-refractivity contribution >= 4 is 11.7 Å². The molecule has 1 aromatic carbocycles. The Labute approximate surface area is 166 Å². The normalized spacial score (nSPS) is 15.0. The van der Waals surface area contributed by atoms with Crippen molar-refractivity contribution in [2.45, 2.75) is 53.0 Å². The SMILES string of the molecule is COc1ccc2c(c1)CCN(C(=O)C[C@H](C)n1nc(C)c(C(C)=O)c1C)CC2. The Morgan fingerprint density at radius 1 is 1.18 bits per heavy atom. The molecule has 6 nitrogen and oxygen atoms in total. The first kappa shape index (κ1) is 20.1. The van der Waals surface area contributed by atoms with Gasteiger partial charge in [-0.25, -0.2) is 0 Å². The summed E-state index contributed by atoms with van der Waals surface area (Å²) < 4.78 is 7.14. The molecule has 1 aliphatic rings. The first-order valence-corrected chi connectivity index (χ1v) is 9.82. The highest BCUT2D eigenvalue weighted by atomic mass is 16.5. The van der Waals surface area contributed by atoms with E-state index in [-0.39, 0.29) is 17.7 Å². The highest BCUT2D eigenvalue weighted by molar-refractivity contribution is 5.96. The van der Waals surface area contributed by atoms with Crippen LogP contribution in [0.5, 0.6) is 5.75 Å². The standard InChI is InChI=1S/C22H29N3O3/c1-14(25-16(3)22(17(4)26)15(2)23-25)12-21(27)24-10-8-18-6-7-20(28-5)13-19(18)9-11-24/h6-7,13-14H,8-12H2,1-5H3/t14-/m0/s1. The van der Waals surface area contributed by atoms with Crippen LogP contribution in [-0.2, 0) is 17.6 Å². The highest BCUT2D eigenvalue weighted by Crippen LogP contribution is 2.24. The van der Waals surface area contributed by atoms with Crippen LogP contribution >= 0.6 is 0 Å². The van der Waals surface area contributed by atoms with Crippen molar-refractivity contribution < 1.29 is 14.3 Å². The van der Waals surface area contributed by atoms with Gasteiger partial charge in [0.05, 0.1) is 24.4 Å². The number of aryl methyl sites for hydroxylation is 1. The fourth-order valence-electron chi connectivity index (χ4n) is 4.15. The van der Waals surface area contributed by atoms with Gasteiger partial charge in [0.25, 0.3) is 0 Å². The second-order valence-electron chi connectivity index (χ2n) is 7.62. The molecule has 2 heterocycles. The zero-order valence-electron chi connectivity index (χ0n) is 17.4. The Balaban J connectivity index is 1.68. The minimum atomic E-state index is -0.0926.